The first kappa shape index (κ1) is 15.7. The lowest BCUT2D eigenvalue weighted by molar-refractivity contribution is -0.385. The van der Waals surface area contributed by atoms with Gasteiger partial charge in [-0.2, -0.15) is 13.2 Å². The van der Waals surface area contributed by atoms with E-state index in [1.165, 1.54) is 24.3 Å². The zero-order valence-electron chi connectivity index (χ0n) is 11.8. The van der Waals surface area contributed by atoms with Crippen LogP contribution in [0.1, 0.15) is 5.69 Å². The van der Waals surface area contributed by atoms with Crippen LogP contribution in [0.3, 0.4) is 0 Å². The number of benzene rings is 1. The lowest BCUT2D eigenvalue weighted by atomic mass is 10.2. The molecule has 2 aromatic heterocycles. The Balaban J connectivity index is 1.90. The van der Waals surface area contributed by atoms with Gasteiger partial charge in [0.2, 0.25) is 5.88 Å². The molecule has 0 atom stereocenters. The van der Waals surface area contributed by atoms with Crippen LogP contribution in [-0.4, -0.2) is 14.9 Å². The first-order chi connectivity index (χ1) is 11.3. The molecule has 0 bridgehead atoms. The smallest absolute Gasteiger partial charge is 0.433 e. The normalized spacial score (nSPS) is 11.5. The van der Waals surface area contributed by atoms with Crippen molar-refractivity contribution in [1.82, 2.24) is 9.97 Å². The second-order valence-corrected chi connectivity index (χ2v) is 4.76. The summed E-state index contributed by atoms with van der Waals surface area (Å²) in [7, 11) is 0. The quantitative estimate of drug-likeness (QED) is 0.525. The molecule has 3 rings (SSSR count). The topological polar surface area (TPSA) is 78.2 Å². The zero-order valence-corrected chi connectivity index (χ0v) is 11.8. The van der Waals surface area contributed by atoms with Crippen molar-refractivity contribution in [3.63, 3.8) is 0 Å². The van der Waals surface area contributed by atoms with E-state index in [2.05, 4.69) is 9.97 Å². The molecule has 0 radical (unpaired) electrons. The maximum Gasteiger partial charge on any atom is 0.433 e. The molecule has 0 N–H and O–H groups in total. The summed E-state index contributed by atoms with van der Waals surface area (Å²) in [4.78, 5) is 17.3. The monoisotopic (exact) mass is 335 g/mol. The molecule has 0 spiro atoms. The van der Waals surface area contributed by atoms with Gasteiger partial charge in [-0.3, -0.25) is 10.1 Å². The number of ether oxygens (including phenoxy) is 1. The van der Waals surface area contributed by atoms with Gasteiger partial charge in [0.05, 0.1) is 10.4 Å². The Hall–Kier alpha value is -3.23. The highest BCUT2D eigenvalue weighted by Gasteiger charge is 2.32. The van der Waals surface area contributed by atoms with Crippen LogP contribution in [-0.2, 0) is 6.18 Å². The number of rotatable bonds is 3. The molecule has 122 valence electrons. The van der Waals surface area contributed by atoms with Crippen LogP contribution in [0.15, 0.2) is 48.7 Å². The molecule has 0 fully saturated rings. The van der Waals surface area contributed by atoms with E-state index in [1.807, 2.05) is 0 Å². The van der Waals surface area contributed by atoms with Crippen molar-refractivity contribution in [3.8, 4) is 11.6 Å². The van der Waals surface area contributed by atoms with Crippen molar-refractivity contribution in [1.29, 1.82) is 0 Å². The maximum atomic E-state index is 12.7. The maximum absolute atomic E-state index is 12.7. The van der Waals surface area contributed by atoms with Crippen LogP contribution in [0.4, 0.5) is 18.9 Å². The summed E-state index contributed by atoms with van der Waals surface area (Å²) in [6.45, 7) is 0. The summed E-state index contributed by atoms with van der Waals surface area (Å²) in [6.07, 6.45) is -3.51. The van der Waals surface area contributed by atoms with Gasteiger partial charge in [0, 0.05) is 23.6 Å². The van der Waals surface area contributed by atoms with E-state index in [-0.39, 0.29) is 22.8 Å². The number of nitrogens with zero attached hydrogens (tertiary/aromatic N) is 3. The summed E-state index contributed by atoms with van der Waals surface area (Å²) in [6, 6.07) is 9.17. The molecular weight excluding hydrogens is 327 g/mol. The van der Waals surface area contributed by atoms with Crippen molar-refractivity contribution < 1.29 is 22.8 Å². The van der Waals surface area contributed by atoms with Gasteiger partial charge in [-0.05, 0) is 18.2 Å². The van der Waals surface area contributed by atoms with E-state index in [1.54, 1.807) is 12.1 Å². The number of nitro groups is 1. The minimum Gasteiger partial charge on any atom is -0.439 e. The second kappa shape index (κ2) is 5.76. The zero-order chi connectivity index (χ0) is 17.3. The number of fused-ring (bicyclic) bond motifs is 1. The molecule has 24 heavy (non-hydrogen) atoms. The molecule has 3 aromatic rings. The standard InChI is InChI=1S/C15H8F3N3O3/c16-15(17,18)13-5-2-9-1-4-11(7-12(9)20-13)24-14-6-3-10(8-19-14)21(22)23/h1-8H. The Morgan fingerprint density at radius 2 is 1.83 bits per heavy atom. The molecule has 6 nitrogen and oxygen atoms in total. The van der Waals surface area contributed by atoms with Crippen LogP contribution in [0.25, 0.3) is 10.9 Å². The lowest BCUT2D eigenvalue weighted by Gasteiger charge is -2.08. The molecule has 0 unspecified atom stereocenters. The van der Waals surface area contributed by atoms with E-state index in [9.17, 15) is 23.3 Å². The number of aromatic nitrogens is 2. The highest BCUT2D eigenvalue weighted by molar-refractivity contribution is 5.80. The molecule has 9 heteroatoms. The number of pyridine rings is 2. The minimum atomic E-state index is -4.54. The van der Waals surface area contributed by atoms with Gasteiger partial charge >= 0.3 is 6.18 Å². The van der Waals surface area contributed by atoms with E-state index in [0.29, 0.717) is 5.39 Å². The second-order valence-electron chi connectivity index (χ2n) is 4.76. The molecule has 0 amide bonds. The van der Waals surface area contributed by atoms with E-state index >= 15 is 0 Å². The summed E-state index contributed by atoms with van der Waals surface area (Å²) >= 11 is 0. The average molecular weight is 335 g/mol. The fraction of sp³-hybridized carbons (Fsp3) is 0.0667. The first-order valence-electron chi connectivity index (χ1n) is 6.59. The predicted octanol–water partition coefficient (Wildman–Crippen LogP) is 4.35. The third-order valence-electron chi connectivity index (χ3n) is 3.11. The average Bonchev–Trinajstić information content (AvgIpc) is 2.54. The molecular formula is C15H8F3N3O3. The van der Waals surface area contributed by atoms with Gasteiger partial charge in [0.15, 0.2) is 0 Å². The van der Waals surface area contributed by atoms with Crippen molar-refractivity contribution in [2.45, 2.75) is 6.18 Å². The van der Waals surface area contributed by atoms with Crippen LogP contribution < -0.4 is 4.74 Å². The summed E-state index contributed by atoms with van der Waals surface area (Å²) < 4.78 is 43.5. The number of hydrogen-bond donors (Lipinski definition) is 0. The van der Waals surface area contributed by atoms with Gasteiger partial charge in [-0.15, -0.1) is 0 Å². The fourth-order valence-corrected chi connectivity index (χ4v) is 1.98. The van der Waals surface area contributed by atoms with Crippen molar-refractivity contribution in [2.24, 2.45) is 0 Å². The third kappa shape index (κ3) is 3.24. The van der Waals surface area contributed by atoms with Gasteiger partial charge in [-0.25, -0.2) is 9.97 Å². The fourth-order valence-electron chi connectivity index (χ4n) is 1.98. The largest absolute Gasteiger partial charge is 0.439 e. The van der Waals surface area contributed by atoms with Crippen LogP contribution in [0.2, 0.25) is 0 Å². The Labute approximate surface area is 132 Å². The highest BCUT2D eigenvalue weighted by Crippen LogP contribution is 2.30. The number of halogens is 3. The Morgan fingerprint density at radius 3 is 2.46 bits per heavy atom. The molecule has 0 aliphatic heterocycles. The lowest BCUT2D eigenvalue weighted by Crippen LogP contribution is -2.07. The van der Waals surface area contributed by atoms with E-state index < -0.39 is 16.8 Å². The number of alkyl halides is 3. The van der Waals surface area contributed by atoms with E-state index in [0.717, 1.165) is 12.3 Å². The van der Waals surface area contributed by atoms with Gasteiger partial charge in [0.25, 0.3) is 5.69 Å². The molecule has 0 saturated heterocycles. The van der Waals surface area contributed by atoms with Crippen LogP contribution in [0.5, 0.6) is 11.6 Å². The summed E-state index contributed by atoms with van der Waals surface area (Å²) in [5.74, 6) is 0.294. The Bertz CT molecular complexity index is 911. The molecule has 0 aliphatic carbocycles. The molecule has 2 heterocycles. The minimum absolute atomic E-state index is 0.0759. The Morgan fingerprint density at radius 1 is 1.08 bits per heavy atom. The third-order valence-corrected chi connectivity index (χ3v) is 3.11. The van der Waals surface area contributed by atoms with Gasteiger partial charge in [-0.1, -0.05) is 6.07 Å². The van der Waals surface area contributed by atoms with Crippen LogP contribution >= 0.6 is 0 Å². The van der Waals surface area contributed by atoms with E-state index in [4.69, 9.17) is 4.74 Å². The molecule has 1 aromatic carbocycles. The SMILES string of the molecule is O=[N+]([O-])c1ccc(Oc2ccc3ccc(C(F)(F)F)nc3c2)nc1. The molecule has 0 aliphatic rings. The number of hydrogen-bond acceptors (Lipinski definition) is 5. The van der Waals surface area contributed by atoms with Gasteiger partial charge < -0.3 is 4.74 Å². The van der Waals surface area contributed by atoms with Crippen molar-refractivity contribution in [2.75, 3.05) is 0 Å². The van der Waals surface area contributed by atoms with Crippen molar-refractivity contribution >= 4 is 16.6 Å². The van der Waals surface area contributed by atoms with Gasteiger partial charge in [0.1, 0.15) is 17.6 Å². The molecule has 0 saturated carbocycles. The summed E-state index contributed by atoms with van der Waals surface area (Å²) in [5.41, 5.74) is -1.08. The predicted molar refractivity (Wildman–Crippen MR) is 77.7 cm³/mol. The van der Waals surface area contributed by atoms with Crippen molar-refractivity contribution in [3.05, 3.63) is 64.5 Å². The first-order valence-corrected chi connectivity index (χ1v) is 6.59. The van der Waals surface area contributed by atoms with Crippen LogP contribution in [0, 0.1) is 10.1 Å². The summed E-state index contributed by atoms with van der Waals surface area (Å²) in [5, 5.41) is 11.1. The Kier molecular flexibility index (Phi) is 3.76. The highest BCUT2D eigenvalue weighted by atomic mass is 19.4.